The fourth-order valence-corrected chi connectivity index (χ4v) is 3.88. The van der Waals surface area contributed by atoms with Crippen LogP contribution in [0.4, 0.5) is 0 Å². The van der Waals surface area contributed by atoms with E-state index in [9.17, 15) is 0 Å². The molecule has 0 amide bonds. The van der Waals surface area contributed by atoms with E-state index in [4.69, 9.17) is 9.15 Å². The van der Waals surface area contributed by atoms with E-state index >= 15 is 0 Å². The molecule has 1 N–H and O–H groups in total. The number of aromatic amines is 1. The van der Waals surface area contributed by atoms with Gasteiger partial charge in [0.1, 0.15) is 22.8 Å². The molecule has 0 radical (unpaired) electrons. The van der Waals surface area contributed by atoms with Crippen LogP contribution >= 0.6 is 0 Å². The highest BCUT2D eigenvalue weighted by molar-refractivity contribution is 5.77. The van der Waals surface area contributed by atoms with Crippen LogP contribution in [0.15, 0.2) is 59.0 Å². The zero-order valence-corrected chi connectivity index (χ0v) is 15.2. The number of benzene rings is 2. The summed E-state index contributed by atoms with van der Waals surface area (Å²) in [5.41, 5.74) is 5.43. The summed E-state index contributed by atoms with van der Waals surface area (Å²) in [5.74, 6) is 1.85. The van der Waals surface area contributed by atoms with E-state index in [0.29, 0.717) is 0 Å². The van der Waals surface area contributed by atoms with Crippen molar-refractivity contribution in [1.82, 2.24) is 15.1 Å². The van der Waals surface area contributed by atoms with E-state index in [1.54, 1.807) is 7.11 Å². The first-order chi connectivity index (χ1) is 13.3. The molecule has 1 aliphatic heterocycles. The second-order valence-corrected chi connectivity index (χ2v) is 6.94. The van der Waals surface area contributed by atoms with E-state index in [0.717, 1.165) is 59.8 Å². The van der Waals surface area contributed by atoms with Crippen molar-refractivity contribution in [3.05, 3.63) is 71.6 Å². The first kappa shape index (κ1) is 16.1. The first-order valence-corrected chi connectivity index (χ1v) is 9.21. The Kier molecular flexibility index (Phi) is 3.94. The van der Waals surface area contributed by atoms with Gasteiger partial charge in [0.25, 0.3) is 0 Å². The van der Waals surface area contributed by atoms with Crippen LogP contribution in [0.25, 0.3) is 22.2 Å². The molecule has 0 saturated carbocycles. The van der Waals surface area contributed by atoms with Crippen LogP contribution < -0.4 is 4.74 Å². The van der Waals surface area contributed by atoms with Crippen molar-refractivity contribution < 1.29 is 9.15 Å². The van der Waals surface area contributed by atoms with Gasteiger partial charge in [0.15, 0.2) is 0 Å². The lowest BCUT2D eigenvalue weighted by Gasteiger charge is -2.26. The fraction of sp³-hybridized carbons (Fsp3) is 0.227. The number of H-pyrrole nitrogens is 1. The Morgan fingerprint density at radius 3 is 2.89 bits per heavy atom. The monoisotopic (exact) mass is 359 g/mol. The number of para-hydroxylation sites is 2. The molecule has 0 fully saturated rings. The lowest BCUT2D eigenvalue weighted by molar-refractivity contribution is 0.227. The Hall–Kier alpha value is -3.05. The minimum absolute atomic E-state index is 0.796. The van der Waals surface area contributed by atoms with Crippen molar-refractivity contribution in [1.29, 1.82) is 0 Å². The summed E-state index contributed by atoms with van der Waals surface area (Å²) in [6.45, 7) is 2.62. The molecule has 0 aliphatic carbocycles. The van der Waals surface area contributed by atoms with Crippen LogP contribution in [0, 0.1) is 0 Å². The maximum Gasteiger partial charge on any atom is 0.134 e. The van der Waals surface area contributed by atoms with Crippen molar-refractivity contribution >= 4 is 11.0 Å². The number of hydrogen-bond donors (Lipinski definition) is 1. The molecule has 5 nitrogen and oxygen atoms in total. The van der Waals surface area contributed by atoms with Crippen LogP contribution in [0.2, 0.25) is 0 Å². The number of hydrogen-bond acceptors (Lipinski definition) is 4. The molecule has 5 heteroatoms. The van der Waals surface area contributed by atoms with Gasteiger partial charge in [0, 0.05) is 41.7 Å². The zero-order valence-electron chi connectivity index (χ0n) is 15.2. The van der Waals surface area contributed by atoms with Crippen molar-refractivity contribution in [2.24, 2.45) is 0 Å². The summed E-state index contributed by atoms with van der Waals surface area (Å²) in [4.78, 5) is 2.41. The molecule has 5 rings (SSSR count). The van der Waals surface area contributed by atoms with Crippen molar-refractivity contribution in [2.75, 3.05) is 13.7 Å². The van der Waals surface area contributed by atoms with Gasteiger partial charge in [-0.1, -0.05) is 30.3 Å². The summed E-state index contributed by atoms with van der Waals surface area (Å²) >= 11 is 0. The van der Waals surface area contributed by atoms with E-state index in [1.165, 1.54) is 11.3 Å². The molecule has 0 saturated heterocycles. The highest BCUT2D eigenvalue weighted by atomic mass is 16.5. The second kappa shape index (κ2) is 6.59. The van der Waals surface area contributed by atoms with E-state index < -0.39 is 0 Å². The Bertz CT molecular complexity index is 1060. The molecule has 0 unspecified atom stereocenters. The lowest BCUT2D eigenvalue weighted by atomic mass is 10.0. The molecule has 0 bridgehead atoms. The maximum atomic E-state index is 6.01. The number of fused-ring (bicyclic) bond motifs is 2. The number of nitrogens with zero attached hydrogens (tertiary/aromatic N) is 2. The molecular weight excluding hydrogens is 338 g/mol. The molecule has 27 heavy (non-hydrogen) atoms. The topological polar surface area (TPSA) is 54.3 Å². The van der Waals surface area contributed by atoms with E-state index in [2.05, 4.69) is 33.3 Å². The highest BCUT2D eigenvalue weighted by Gasteiger charge is 2.24. The SMILES string of the molecule is COc1ccccc1-c1n[nH]c2c1CN(Cc1cc3ccccc3o1)CC2. The molecule has 1 aliphatic rings. The predicted octanol–water partition coefficient (Wildman–Crippen LogP) is 4.39. The summed E-state index contributed by atoms with van der Waals surface area (Å²) in [6, 6.07) is 18.3. The van der Waals surface area contributed by atoms with Gasteiger partial charge in [-0.2, -0.15) is 5.10 Å². The number of ether oxygens (including phenoxy) is 1. The van der Waals surface area contributed by atoms with Crippen LogP contribution in [0.3, 0.4) is 0 Å². The number of furan rings is 1. The molecule has 0 atom stereocenters. The van der Waals surface area contributed by atoms with Crippen molar-refractivity contribution in [3.8, 4) is 17.0 Å². The van der Waals surface area contributed by atoms with Gasteiger partial charge >= 0.3 is 0 Å². The van der Waals surface area contributed by atoms with Gasteiger partial charge in [-0.3, -0.25) is 10.00 Å². The minimum Gasteiger partial charge on any atom is -0.496 e. The Labute approximate surface area is 157 Å². The normalized spacial score (nSPS) is 14.4. The molecule has 3 heterocycles. The molecule has 0 spiro atoms. The van der Waals surface area contributed by atoms with E-state index in [-0.39, 0.29) is 0 Å². The number of aromatic nitrogens is 2. The number of methoxy groups -OCH3 is 1. The third kappa shape index (κ3) is 2.90. The predicted molar refractivity (Wildman–Crippen MR) is 105 cm³/mol. The molecule has 4 aromatic rings. The smallest absolute Gasteiger partial charge is 0.134 e. The second-order valence-electron chi connectivity index (χ2n) is 6.94. The van der Waals surface area contributed by atoms with Crippen LogP contribution in [0.1, 0.15) is 17.0 Å². The molecule has 2 aromatic carbocycles. The Balaban J connectivity index is 1.43. The quantitative estimate of drug-likeness (QED) is 0.587. The molecule has 2 aromatic heterocycles. The molecule has 136 valence electrons. The van der Waals surface area contributed by atoms with Gasteiger partial charge in [0.2, 0.25) is 0 Å². The Morgan fingerprint density at radius 1 is 1.15 bits per heavy atom. The summed E-state index contributed by atoms with van der Waals surface area (Å²) in [6.07, 6.45) is 0.956. The number of rotatable bonds is 4. The summed E-state index contributed by atoms with van der Waals surface area (Å²) < 4.78 is 11.5. The van der Waals surface area contributed by atoms with Crippen LogP contribution in [0.5, 0.6) is 5.75 Å². The molecular formula is C22H21N3O2. The van der Waals surface area contributed by atoms with Gasteiger partial charge in [-0.15, -0.1) is 0 Å². The third-order valence-electron chi connectivity index (χ3n) is 5.23. The highest BCUT2D eigenvalue weighted by Crippen LogP contribution is 2.34. The standard InChI is InChI=1S/C22H21N3O2/c1-26-21-9-5-3-7-17(21)22-18-14-25(11-10-19(18)23-24-22)13-16-12-15-6-2-4-8-20(15)27-16/h2-9,12H,10-11,13-14H2,1H3,(H,23,24). The fourth-order valence-electron chi connectivity index (χ4n) is 3.88. The van der Waals surface area contributed by atoms with E-state index in [1.807, 2.05) is 36.4 Å². The average Bonchev–Trinajstić information content (AvgIpc) is 3.31. The van der Waals surface area contributed by atoms with Crippen molar-refractivity contribution in [2.45, 2.75) is 19.5 Å². The third-order valence-corrected chi connectivity index (χ3v) is 5.23. The van der Waals surface area contributed by atoms with Crippen LogP contribution in [-0.2, 0) is 19.5 Å². The summed E-state index contributed by atoms with van der Waals surface area (Å²) in [5, 5.41) is 8.98. The van der Waals surface area contributed by atoms with Gasteiger partial charge in [-0.25, -0.2) is 0 Å². The van der Waals surface area contributed by atoms with Crippen LogP contribution in [-0.4, -0.2) is 28.8 Å². The largest absolute Gasteiger partial charge is 0.496 e. The minimum atomic E-state index is 0.796. The first-order valence-electron chi connectivity index (χ1n) is 9.21. The maximum absolute atomic E-state index is 6.01. The average molecular weight is 359 g/mol. The summed E-state index contributed by atoms with van der Waals surface area (Å²) in [7, 11) is 1.70. The zero-order chi connectivity index (χ0) is 18.2. The van der Waals surface area contributed by atoms with Crippen molar-refractivity contribution in [3.63, 3.8) is 0 Å². The van der Waals surface area contributed by atoms with Gasteiger partial charge < -0.3 is 9.15 Å². The Morgan fingerprint density at radius 2 is 2.00 bits per heavy atom. The lowest BCUT2D eigenvalue weighted by Crippen LogP contribution is -2.29. The number of nitrogens with one attached hydrogen (secondary N) is 1. The van der Waals surface area contributed by atoms with Gasteiger partial charge in [0.05, 0.1) is 13.7 Å². The van der Waals surface area contributed by atoms with Gasteiger partial charge in [-0.05, 0) is 24.3 Å².